The fourth-order valence-electron chi connectivity index (χ4n) is 1.55. The van der Waals surface area contributed by atoms with E-state index in [4.69, 9.17) is 5.84 Å². The largest absolute Gasteiger partial charge is 0.352 e. The molecule has 0 aliphatic rings. The summed E-state index contributed by atoms with van der Waals surface area (Å²) in [7, 11) is 0. The number of carbonyl (C=O) groups excluding carboxylic acids is 2. The molecule has 1 aromatic carbocycles. The Bertz CT molecular complexity index is 379. The lowest BCUT2D eigenvalue weighted by molar-refractivity contribution is -0.121. The predicted octanol–water partition coefficient (Wildman–Crippen LogP) is 0.967. The Morgan fingerprint density at radius 3 is 2.44 bits per heavy atom. The van der Waals surface area contributed by atoms with Gasteiger partial charge in [-0.25, -0.2) is 5.84 Å². The van der Waals surface area contributed by atoms with Gasteiger partial charge in [-0.15, -0.1) is 0 Å². The number of unbranched alkanes of at least 4 members (excludes halogenated alkanes) is 2. The molecule has 0 saturated heterocycles. The van der Waals surface area contributed by atoms with Gasteiger partial charge in [0.05, 0.1) is 0 Å². The second kappa shape index (κ2) is 8.25. The molecule has 1 aromatic rings. The maximum absolute atomic E-state index is 11.6. The van der Waals surface area contributed by atoms with E-state index in [-0.39, 0.29) is 11.8 Å². The van der Waals surface area contributed by atoms with E-state index in [1.54, 1.807) is 12.1 Å². The van der Waals surface area contributed by atoms with Crippen LogP contribution in [0.4, 0.5) is 0 Å². The van der Waals surface area contributed by atoms with Crippen LogP contribution in [0, 0.1) is 0 Å². The van der Waals surface area contributed by atoms with Crippen molar-refractivity contribution in [2.24, 2.45) is 5.84 Å². The first-order valence-electron chi connectivity index (χ1n) is 6.06. The number of hydrogen-bond acceptors (Lipinski definition) is 3. The monoisotopic (exact) mass is 249 g/mol. The summed E-state index contributed by atoms with van der Waals surface area (Å²) in [4.78, 5) is 22.5. The number of benzene rings is 1. The summed E-state index contributed by atoms with van der Waals surface area (Å²) >= 11 is 0. The summed E-state index contributed by atoms with van der Waals surface area (Å²) < 4.78 is 0. The van der Waals surface area contributed by atoms with Crippen LogP contribution in [0.3, 0.4) is 0 Å². The van der Waals surface area contributed by atoms with Crippen LogP contribution in [0.1, 0.15) is 36.0 Å². The quantitative estimate of drug-likeness (QED) is 0.291. The van der Waals surface area contributed by atoms with Crippen molar-refractivity contribution in [3.05, 3.63) is 35.9 Å². The SMILES string of the molecule is NNC(=O)CCCCCNC(=O)c1ccccc1. The van der Waals surface area contributed by atoms with E-state index >= 15 is 0 Å². The lowest BCUT2D eigenvalue weighted by atomic mass is 10.2. The Labute approximate surface area is 107 Å². The lowest BCUT2D eigenvalue weighted by Crippen LogP contribution is -2.29. The molecular weight excluding hydrogens is 230 g/mol. The van der Waals surface area contributed by atoms with Gasteiger partial charge in [0, 0.05) is 18.5 Å². The minimum Gasteiger partial charge on any atom is -0.352 e. The van der Waals surface area contributed by atoms with E-state index in [1.807, 2.05) is 18.2 Å². The molecule has 0 aliphatic heterocycles. The van der Waals surface area contributed by atoms with Crippen LogP contribution in [-0.2, 0) is 4.79 Å². The number of carbonyl (C=O) groups is 2. The van der Waals surface area contributed by atoms with E-state index in [9.17, 15) is 9.59 Å². The molecule has 0 atom stereocenters. The van der Waals surface area contributed by atoms with Crippen LogP contribution in [0.15, 0.2) is 30.3 Å². The zero-order valence-electron chi connectivity index (χ0n) is 10.3. The molecule has 98 valence electrons. The number of amides is 2. The summed E-state index contributed by atoms with van der Waals surface area (Å²) in [6.07, 6.45) is 2.96. The first-order chi connectivity index (χ1) is 8.74. The fourth-order valence-corrected chi connectivity index (χ4v) is 1.55. The average molecular weight is 249 g/mol. The third-order valence-electron chi connectivity index (χ3n) is 2.56. The van der Waals surface area contributed by atoms with Crippen molar-refractivity contribution >= 4 is 11.8 Å². The van der Waals surface area contributed by atoms with Crippen molar-refractivity contribution in [2.45, 2.75) is 25.7 Å². The van der Waals surface area contributed by atoms with Crippen LogP contribution in [0.2, 0.25) is 0 Å². The smallest absolute Gasteiger partial charge is 0.251 e. The van der Waals surface area contributed by atoms with Crippen LogP contribution >= 0.6 is 0 Å². The normalized spacial score (nSPS) is 9.83. The molecule has 0 heterocycles. The van der Waals surface area contributed by atoms with E-state index in [1.165, 1.54) is 0 Å². The van der Waals surface area contributed by atoms with Gasteiger partial charge in [0.15, 0.2) is 0 Å². The Morgan fingerprint density at radius 1 is 1.06 bits per heavy atom. The highest BCUT2D eigenvalue weighted by molar-refractivity contribution is 5.94. The van der Waals surface area contributed by atoms with Crippen LogP contribution in [0.5, 0.6) is 0 Å². The Kier molecular flexibility index (Phi) is 6.50. The van der Waals surface area contributed by atoms with E-state index in [2.05, 4.69) is 10.7 Å². The molecule has 0 bridgehead atoms. The van der Waals surface area contributed by atoms with Crippen molar-refractivity contribution in [3.63, 3.8) is 0 Å². The van der Waals surface area contributed by atoms with Gasteiger partial charge in [-0.3, -0.25) is 15.0 Å². The van der Waals surface area contributed by atoms with Crippen molar-refractivity contribution in [1.82, 2.24) is 10.7 Å². The molecule has 4 N–H and O–H groups in total. The van der Waals surface area contributed by atoms with Crippen molar-refractivity contribution < 1.29 is 9.59 Å². The van der Waals surface area contributed by atoms with Gasteiger partial charge < -0.3 is 5.32 Å². The van der Waals surface area contributed by atoms with Crippen LogP contribution in [0.25, 0.3) is 0 Å². The Hall–Kier alpha value is -1.88. The molecule has 0 fully saturated rings. The molecule has 0 aliphatic carbocycles. The van der Waals surface area contributed by atoms with E-state index < -0.39 is 0 Å². The molecule has 0 unspecified atom stereocenters. The van der Waals surface area contributed by atoms with Gasteiger partial charge in [0.25, 0.3) is 5.91 Å². The molecule has 0 aromatic heterocycles. The zero-order chi connectivity index (χ0) is 13.2. The molecule has 5 nitrogen and oxygen atoms in total. The lowest BCUT2D eigenvalue weighted by Gasteiger charge is -2.05. The van der Waals surface area contributed by atoms with Crippen molar-refractivity contribution in [2.75, 3.05) is 6.54 Å². The summed E-state index contributed by atoms with van der Waals surface area (Å²) in [5.74, 6) is 4.75. The maximum atomic E-state index is 11.6. The summed E-state index contributed by atoms with van der Waals surface area (Å²) in [6.45, 7) is 0.623. The minimum atomic E-state index is -0.150. The highest BCUT2D eigenvalue weighted by atomic mass is 16.2. The molecule has 18 heavy (non-hydrogen) atoms. The molecule has 5 heteroatoms. The summed E-state index contributed by atoms with van der Waals surface area (Å²) in [6, 6.07) is 9.10. The second-order valence-corrected chi connectivity index (χ2v) is 4.00. The molecule has 0 spiro atoms. The molecule has 1 rings (SSSR count). The topological polar surface area (TPSA) is 84.2 Å². The van der Waals surface area contributed by atoms with Gasteiger partial charge in [-0.1, -0.05) is 24.6 Å². The third-order valence-corrected chi connectivity index (χ3v) is 2.56. The molecule has 2 amide bonds. The van der Waals surface area contributed by atoms with Gasteiger partial charge in [0.2, 0.25) is 5.91 Å². The third kappa shape index (κ3) is 5.45. The summed E-state index contributed by atoms with van der Waals surface area (Å²) in [5.41, 5.74) is 2.75. The number of rotatable bonds is 7. The van der Waals surface area contributed by atoms with Gasteiger partial charge >= 0.3 is 0 Å². The van der Waals surface area contributed by atoms with Crippen molar-refractivity contribution in [1.29, 1.82) is 0 Å². The summed E-state index contributed by atoms with van der Waals surface area (Å²) in [5, 5.41) is 2.84. The molecule has 0 radical (unpaired) electrons. The predicted molar refractivity (Wildman–Crippen MR) is 69.6 cm³/mol. The first kappa shape index (κ1) is 14.2. The Morgan fingerprint density at radius 2 is 1.78 bits per heavy atom. The van der Waals surface area contributed by atoms with Crippen LogP contribution < -0.4 is 16.6 Å². The number of nitrogens with one attached hydrogen (secondary N) is 2. The molecular formula is C13H19N3O2. The number of nitrogens with two attached hydrogens (primary N) is 1. The Balaban J connectivity index is 2.08. The molecule has 0 saturated carbocycles. The highest BCUT2D eigenvalue weighted by Crippen LogP contribution is 2.00. The standard InChI is InChI=1S/C13H19N3O2/c14-16-12(17)9-5-2-6-10-15-13(18)11-7-3-1-4-8-11/h1,3-4,7-8H,2,5-6,9-10,14H2,(H,15,18)(H,16,17). The average Bonchev–Trinajstić information content (AvgIpc) is 2.43. The van der Waals surface area contributed by atoms with Gasteiger partial charge in [-0.05, 0) is 25.0 Å². The second-order valence-electron chi connectivity index (χ2n) is 4.00. The number of hydrogen-bond donors (Lipinski definition) is 3. The van der Waals surface area contributed by atoms with E-state index in [0.717, 1.165) is 19.3 Å². The number of hydrazine groups is 1. The first-order valence-corrected chi connectivity index (χ1v) is 6.06. The van der Waals surface area contributed by atoms with Gasteiger partial charge in [0.1, 0.15) is 0 Å². The minimum absolute atomic E-state index is 0.0599. The highest BCUT2D eigenvalue weighted by Gasteiger charge is 2.03. The fraction of sp³-hybridized carbons (Fsp3) is 0.385. The van der Waals surface area contributed by atoms with E-state index in [0.29, 0.717) is 18.5 Å². The maximum Gasteiger partial charge on any atom is 0.251 e. The van der Waals surface area contributed by atoms with Crippen LogP contribution in [-0.4, -0.2) is 18.4 Å². The van der Waals surface area contributed by atoms with Crippen molar-refractivity contribution in [3.8, 4) is 0 Å². The zero-order valence-corrected chi connectivity index (χ0v) is 10.3. The van der Waals surface area contributed by atoms with Gasteiger partial charge in [-0.2, -0.15) is 0 Å².